The molecule has 0 bridgehead atoms. The summed E-state index contributed by atoms with van der Waals surface area (Å²) in [6.45, 7) is 4.69. The molecule has 0 fully saturated rings. The Labute approximate surface area is 158 Å². The van der Waals surface area contributed by atoms with Gasteiger partial charge in [0, 0.05) is 26.2 Å². The van der Waals surface area contributed by atoms with Crippen LogP contribution < -0.4 is 15.4 Å². The Morgan fingerprint density at radius 3 is 2.70 bits per heavy atom. The van der Waals surface area contributed by atoms with Crippen molar-refractivity contribution in [3.8, 4) is 17.4 Å². The number of aliphatic hydroxyl groups is 1. The highest BCUT2D eigenvalue weighted by Crippen LogP contribution is 2.21. The number of nitrogens with zero attached hydrogens (tertiary/aromatic N) is 4. The molecule has 3 rings (SSSR count). The summed E-state index contributed by atoms with van der Waals surface area (Å²) in [6.07, 6.45) is -0.328. The zero-order chi connectivity index (χ0) is 18.9. The molecule has 0 saturated heterocycles. The molecule has 0 spiro atoms. The third kappa shape index (κ3) is 5.85. The number of aromatic nitrogens is 4. The maximum Gasteiger partial charge on any atom is 0.345 e. The van der Waals surface area contributed by atoms with E-state index in [1.807, 2.05) is 54.6 Å². The quantitative estimate of drug-likeness (QED) is 0.467. The minimum Gasteiger partial charge on any atom is -0.423 e. The van der Waals surface area contributed by atoms with Crippen molar-refractivity contribution in [3.05, 3.63) is 60.2 Å². The summed E-state index contributed by atoms with van der Waals surface area (Å²) in [6, 6.07) is 17.7. The third-order valence-corrected chi connectivity index (χ3v) is 3.80. The summed E-state index contributed by atoms with van der Waals surface area (Å²) in [5.41, 5.74) is 1.93. The van der Waals surface area contributed by atoms with Crippen LogP contribution in [0.3, 0.4) is 0 Å². The molecule has 1 unspecified atom stereocenters. The summed E-state index contributed by atoms with van der Waals surface area (Å²) in [4.78, 5) is 0. The van der Waals surface area contributed by atoms with Gasteiger partial charge in [-0.05, 0) is 47.2 Å². The molecule has 142 valence electrons. The molecule has 0 radical (unpaired) electrons. The summed E-state index contributed by atoms with van der Waals surface area (Å²) >= 11 is 0. The van der Waals surface area contributed by atoms with Gasteiger partial charge >= 0.3 is 6.01 Å². The SMILES string of the molecule is CC(O)CNCCNCc1cccc(Oc2nnnn2-c2ccccc2)c1. The van der Waals surface area contributed by atoms with Gasteiger partial charge in [0.15, 0.2) is 0 Å². The van der Waals surface area contributed by atoms with Crippen molar-refractivity contribution in [2.24, 2.45) is 0 Å². The fraction of sp³-hybridized carbons (Fsp3) is 0.316. The topological polar surface area (TPSA) is 97.1 Å². The number of rotatable bonds is 10. The molecule has 0 amide bonds. The van der Waals surface area contributed by atoms with Gasteiger partial charge in [0.05, 0.1) is 11.8 Å². The van der Waals surface area contributed by atoms with Gasteiger partial charge in [-0.2, -0.15) is 4.68 Å². The monoisotopic (exact) mass is 368 g/mol. The van der Waals surface area contributed by atoms with Crippen molar-refractivity contribution < 1.29 is 9.84 Å². The van der Waals surface area contributed by atoms with Crippen LogP contribution in [0.5, 0.6) is 11.8 Å². The van der Waals surface area contributed by atoms with Crippen LogP contribution in [0.4, 0.5) is 0 Å². The van der Waals surface area contributed by atoms with Crippen LogP contribution in [0.15, 0.2) is 54.6 Å². The van der Waals surface area contributed by atoms with Crippen molar-refractivity contribution in [3.63, 3.8) is 0 Å². The van der Waals surface area contributed by atoms with Gasteiger partial charge in [0.1, 0.15) is 5.75 Å². The molecule has 8 nitrogen and oxygen atoms in total. The van der Waals surface area contributed by atoms with E-state index in [-0.39, 0.29) is 6.10 Å². The molecule has 8 heteroatoms. The third-order valence-electron chi connectivity index (χ3n) is 3.80. The minimum absolute atomic E-state index is 0.314. The van der Waals surface area contributed by atoms with Gasteiger partial charge < -0.3 is 20.5 Å². The fourth-order valence-corrected chi connectivity index (χ4v) is 2.52. The van der Waals surface area contributed by atoms with Crippen molar-refractivity contribution in [1.82, 2.24) is 30.8 Å². The summed E-state index contributed by atoms with van der Waals surface area (Å²) in [5, 5.41) is 27.4. The molecule has 1 aromatic heterocycles. The largest absolute Gasteiger partial charge is 0.423 e. The lowest BCUT2D eigenvalue weighted by atomic mass is 10.2. The van der Waals surface area contributed by atoms with Crippen molar-refractivity contribution in [2.45, 2.75) is 19.6 Å². The molecule has 0 aliphatic carbocycles. The van der Waals surface area contributed by atoms with Gasteiger partial charge in [-0.1, -0.05) is 35.4 Å². The first-order valence-electron chi connectivity index (χ1n) is 8.92. The zero-order valence-corrected chi connectivity index (χ0v) is 15.2. The fourth-order valence-electron chi connectivity index (χ4n) is 2.52. The van der Waals surface area contributed by atoms with E-state index < -0.39 is 0 Å². The van der Waals surface area contributed by atoms with Crippen LogP contribution >= 0.6 is 0 Å². The average molecular weight is 368 g/mol. The molecule has 0 aliphatic rings. The van der Waals surface area contributed by atoms with Crippen LogP contribution in [0, 0.1) is 0 Å². The Balaban J connectivity index is 1.55. The predicted octanol–water partition coefficient (Wildman–Crippen LogP) is 1.51. The highest BCUT2D eigenvalue weighted by Gasteiger charge is 2.10. The predicted molar refractivity (Wildman–Crippen MR) is 102 cm³/mol. The van der Waals surface area contributed by atoms with Gasteiger partial charge in [0.2, 0.25) is 0 Å². The number of hydrogen-bond acceptors (Lipinski definition) is 7. The molecule has 0 aliphatic heterocycles. The number of nitrogens with one attached hydrogen (secondary N) is 2. The van der Waals surface area contributed by atoms with E-state index in [0.29, 0.717) is 18.3 Å². The first-order chi connectivity index (χ1) is 13.2. The van der Waals surface area contributed by atoms with Crippen molar-refractivity contribution in [2.75, 3.05) is 19.6 Å². The Hall–Kier alpha value is -2.81. The van der Waals surface area contributed by atoms with Gasteiger partial charge in [-0.3, -0.25) is 0 Å². The number of para-hydroxylation sites is 1. The molecule has 1 atom stereocenters. The maximum atomic E-state index is 9.20. The number of aliphatic hydroxyl groups excluding tert-OH is 1. The van der Waals surface area contributed by atoms with E-state index in [1.54, 1.807) is 11.6 Å². The minimum atomic E-state index is -0.328. The highest BCUT2D eigenvalue weighted by atomic mass is 16.5. The molecule has 3 N–H and O–H groups in total. The number of ether oxygens (including phenoxy) is 1. The van der Waals surface area contributed by atoms with Crippen LogP contribution in [0.2, 0.25) is 0 Å². The smallest absolute Gasteiger partial charge is 0.345 e. The molecular formula is C19H24N6O2. The van der Waals surface area contributed by atoms with E-state index in [9.17, 15) is 5.11 Å². The Morgan fingerprint density at radius 2 is 1.89 bits per heavy atom. The van der Waals surface area contributed by atoms with Gasteiger partial charge in [0.25, 0.3) is 0 Å². The lowest BCUT2D eigenvalue weighted by Crippen LogP contribution is -2.31. The van der Waals surface area contributed by atoms with Crippen molar-refractivity contribution in [1.29, 1.82) is 0 Å². The van der Waals surface area contributed by atoms with Gasteiger partial charge in [-0.25, -0.2) is 0 Å². The number of tetrazole rings is 1. The van der Waals surface area contributed by atoms with E-state index in [1.165, 1.54) is 0 Å². The lowest BCUT2D eigenvalue weighted by molar-refractivity contribution is 0.191. The number of hydrogen-bond donors (Lipinski definition) is 3. The van der Waals surface area contributed by atoms with E-state index >= 15 is 0 Å². The second-order valence-electron chi connectivity index (χ2n) is 6.19. The lowest BCUT2D eigenvalue weighted by Gasteiger charge is -2.10. The average Bonchev–Trinajstić information content (AvgIpc) is 3.13. The molecule has 3 aromatic rings. The summed E-state index contributed by atoms with van der Waals surface area (Å²) in [5.74, 6) is 0.675. The van der Waals surface area contributed by atoms with Crippen LogP contribution in [-0.4, -0.2) is 51.1 Å². The second-order valence-corrected chi connectivity index (χ2v) is 6.19. The Kier molecular flexibility index (Phi) is 6.86. The highest BCUT2D eigenvalue weighted by molar-refractivity contribution is 5.34. The second kappa shape index (κ2) is 9.77. The Morgan fingerprint density at radius 1 is 1.07 bits per heavy atom. The first kappa shape index (κ1) is 19.0. The molecule has 2 aromatic carbocycles. The number of benzene rings is 2. The summed E-state index contributed by atoms with van der Waals surface area (Å²) < 4.78 is 7.43. The van der Waals surface area contributed by atoms with E-state index in [0.717, 1.165) is 30.9 Å². The van der Waals surface area contributed by atoms with E-state index in [4.69, 9.17) is 4.74 Å². The van der Waals surface area contributed by atoms with Crippen molar-refractivity contribution >= 4 is 0 Å². The van der Waals surface area contributed by atoms with Crippen LogP contribution in [0.25, 0.3) is 5.69 Å². The Bertz CT molecular complexity index is 822. The van der Waals surface area contributed by atoms with Gasteiger partial charge in [-0.15, -0.1) is 0 Å². The maximum absolute atomic E-state index is 9.20. The standard InChI is InChI=1S/C19H24N6O2/c1-15(26)13-20-10-11-21-14-16-6-5-9-18(12-16)27-19-22-23-24-25(19)17-7-3-2-4-8-17/h2-9,12,15,20-21,26H,10-11,13-14H2,1H3. The summed E-state index contributed by atoms with van der Waals surface area (Å²) in [7, 11) is 0. The first-order valence-corrected chi connectivity index (χ1v) is 8.92. The molecule has 1 heterocycles. The molecular weight excluding hydrogens is 344 g/mol. The normalized spacial score (nSPS) is 12.1. The zero-order valence-electron chi connectivity index (χ0n) is 15.2. The molecule has 0 saturated carbocycles. The molecule has 27 heavy (non-hydrogen) atoms. The van der Waals surface area contributed by atoms with Crippen LogP contribution in [0.1, 0.15) is 12.5 Å². The van der Waals surface area contributed by atoms with E-state index in [2.05, 4.69) is 26.2 Å². The van der Waals surface area contributed by atoms with Crippen LogP contribution in [-0.2, 0) is 6.54 Å².